The predicted molar refractivity (Wildman–Crippen MR) is 88.3 cm³/mol. The average Bonchev–Trinajstić information content (AvgIpc) is 2.61. The number of ether oxygens (including phenoxy) is 2. The van der Waals surface area contributed by atoms with E-state index < -0.39 is 0 Å². The number of aliphatic hydroxyl groups excluding tert-OH is 1. The Bertz CT molecular complexity index is 367. The normalized spacial score (nSPS) is 31.9. The van der Waals surface area contributed by atoms with Crippen LogP contribution in [0.25, 0.3) is 0 Å². The van der Waals surface area contributed by atoms with Gasteiger partial charge in [0.2, 0.25) is 0 Å². The van der Waals surface area contributed by atoms with Gasteiger partial charge in [-0.15, -0.1) is 0 Å². The minimum absolute atomic E-state index is 0.0111. The number of methoxy groups -OCH3 is 2. The molecule has 1 heterocycles. The van der Waals surface area contributed by atoms with E-state index in [0.29, 0.717) is 19.0 Å². The summed E-state index contributed by atoms with van der Waals surface area (Å²) >= 11 is 0. The smallest absolute Gasteiger partial charge is 0.317 e. The van der Waals surface area contributed by atoms with E-state index in [1.54, 1.807) is 14.2 Å². The number of piperidine rings is 1. The van der Waals surface area contributed by atoms with Crippen molar-refractivity contribution in [3.8, 4) is 0 Å². The van der Waals surface area contributed by atoms with Gasteiger partial charge in [-0.2, -0.15) is 0 Å². The summed E-state index contributed by atoms with van der Waals surface area (Å²) in [7, 11) is 3.49. The van der Waals surface area contributed by atoms with Crippen molar-refractivity contribution in [1.82, 2.24) is 10.2 Å². The van der Waals surface area contributed by atoms with Crippen LogP contribution in [0, 0.1) is 11.8 Å². The molecule has 1 aliphatic carbocycles. The van der Waals surface area contributed by atoms with E-state index in [1.807, 2.05) is 4.90 Å². The number of nitrogens with one attached hydrogen (secondary N) is 1. The molecular formula is C17H32N2O4. The van der Waals surface area contributed by atoms with Crippen LogP contribution in [0.15, 0.2) is 0 Å². The Balaban J connectivity index is 1.67. The first-order valence-corrected chi connectivity index (χ1v) is 8.87. The van der Waals surface area contributed by atoms with Crippen LogP contribution in [0.4, 0.5) is 4.79 Å². The van der Waals surface area contributed by atoms with E-state index in [1.165, 1.54) is 0 Å². The summed E-state index contributed by atoms with van der Waals surface area (Å²) in [5, 5.41) is 12.3. The molecule has 23 heavy (non-hydrogen) atoms. The Hall–Kier alpha value is -0.850. The van der Waals surface area contributed by atoms with Crippen LogP contribution < -0.4 is 5.32 Å². The van der Waals surface area contributed by atoms with Crippen molar-refractivity contribution in [3.05, 3.63) is 0 Å². The number of likely N-dealkylation sites (tertiary alicyclic amines) is 1. The minimum atomic E-state index is 0.0111. The van der Waals surface area contributed by atoms with Crippen LogP contribution in [0.5, 0.6) is 0 Å². The molecular weight excluding hydrogens is 296 g/mol. The maximum Gasteiger partial charge on any atom is 0.317 e. The lowest BCUT2D eigenvalue weighted by Gasteiger charge is -2.35. The van der Waals surface area contributed by atoms with Gasteiger partial charge in [-0.3, -0.25) is 0 Å². The molecule has 1 saturated carbocycles. The number of nitrogens with zero attached hydrogens (tertiary/aromatic N) is 1. The number of hydrogen-bond acceptors (Lipinski definition) is 4. The SMILES string of the molecule is COC1CCC(CCNC(=O)N2CCCC(CO)C2)CC1OC. The van der Waals surface area contributed by atoms with Crippen LogP contribution in [-0.2, 0) is 9.47 Å². The van der Waals surface area contributed by atoms with Gasteiger partial charge in [-0.25, -0.2) is 4.79 Å². The molecule has 2 rings (SSSR count). The first-order valence-electron chi connectivity index (χ1n) is 8.87. The van der Waals surface area contributed by atoms with Gasteiger partial charge in [0.25, 0.3) is 0 Å². The van der Waals surface area contributed by atoms with Crippen LogP contribution in [0.2, 0.25) is 0 Å². The second kappa shape index (κ2) is 9.45. The fourth-order valence-electron chi connectivity index (χ4n) is 3.86. The molecule has 0 bridgehead atoms. The number of hydrogen-bond donors (Lipinski definition) is 2. The minimum Gasteiger partial charge on any atom is -0.396 e. The Morgan fingerprint density at radius 3 is 2.65 bits per heavy atom. The van der Waals surface area contributed by atoms with Crippen molar-refractivity contribution < 1.29 is 19.4 Å². The molecule has 0 aromatic heterocycles. The summed E-state index contributed by atoms with van der Waals surface area (Å²) < 4.78 is 11.0. The summed E-state index contributed by atoms with van der Waals surface area (Å²) in [4.78, 5) is 14.0. The Kier molecular flexibility index (Phi) is 7.59. The molecule has 134 valence electrons. The van der Waals surface area contributed by atoms with Gasteiger partial charge in [0.1, 0.15) is 0 Å². The summed E-state index contributed by atoms with van der Waals surface area (Å²) in [6, 6.07) is 0.0111. The van der Waals surface area contributed by atoms with Gasteiger partial charge in [0.15, 0.2) is 0 Å². The second-order valence-electron chi connectivity index (χ2n) is 6.88. The van der Waals surface area contributed by atoms with Gasteiger partial charge in [0.05, 0.1) is 12.2 Å². The van der Waals surface area contributed by atoms with Crippen LogP contribution in [-0.4, -0.2) is 68.7 Å². The highest BCUT2D eigenvalue weighted by Crippen LogP contribution is 2.30. The summed E-state index contributed by atoms with van der Waals surface area (Å²) in [5.41, 5.74) is 0. The van der Waals surface area contributed by atoms with Crippen molar-refractivity contribution in [1.29, 1.82) is 0 Å². The molecule has 6 heteroatoms. The Morgan fingerprint density at radius 2 is 1.96 bits per heavy atom. The topological polar surface area (TPSA) is 71.0 Å². The zero-order chi connectivity index (χ0) is 16.7. The third-order valence-corrected chi connectivity index (χ3v) is 5.34. The second-order valence-corrected chi connectivity index (χ2v) is 6.88. The molecule has 1 saturated heterocycles. The van der Waals surface area contributed by atoms with Gasteiger partial charge in [-0.05, 0) is 50.4 Å². The predicted octanol–water partition coefficient (Wildman–Crippen LogP) is 1.62. The van der Waals surface area contributed by atoms with Gasteiger partial charge >= 0.3 is 6.03 Å². The van der Waals surface area contributed by atoms with Crippen LogP contribution >= 0.6 is 0 Å². The molecule has 6 nitrogen and oxygen atoms in total. The lowest BCUT2D eigenvalue weighted by atomic mass is 9.83. The zero-order valence-electron chi connectivity index (χ0n) is 14.5. The average molecular weight is 328 g/mol. The number of rotatable bonds is 6. The molecule has 4 unspecified atom stereocenters. The zero-order valence-corrected chi connectivity index (χ0v) is 14.5. The van der Waals surface area contributed by atoms with Crippen molar-refractivity contribution >= 4 is 6.03 Å². The lowest BCUT2D eigenvalue weighted by Crippen LogP contribution is -2.46. The first-order chi connectivity index (χ1) is 11.2. The van der Waals surface area contributed by atoms with E-state index in [9.17, 15) is 9.90 Å². The van der Waals surface area contributed by atoms with Gasteiger partial charge in [0, 0.05) is 40.5 Å². The fraction of sp³-hybridized carbons (Fsp3) is 0.941. The maximum absolute atomic E-state index is 12.2. The Labute approximate surface area is 139 Å². The van der Waals surface area contributed by atoms with Crippen molar-refractivity contribution in [2.75, 3.05) is 40.5 Å². The number of carbonyl (C=O) groups is 1. The molecule has 0 spiro atoms. The fourth-order valence-corrected chi connectivity index (χ4v) is 3.86. The third-order valence-electron chi connectivity index (χ3n) is 5.34. The van der Waals surface area contributed by atoms with Crippen molar-refractivity contribution in [3.63, 3.8) is 0 Å². The van der Waals surface area contributed by atoms with E-state index in [2.05, 4.69) is 5.32 Å². The van der Waals surface area contributed by atoms with E-state index in [4.69, 9.17) is 9.47 Å². The highest BCUT2D eigenvalue weighted by molar-refractivity contribution is 5.74. The summed E-state index contributed by atoms with van der Waals surface area (Å²) in [6.45, 7) is 2.35. The highest BCUT2D eigenvalue weighted by atomic mass is 16.5. The summed E-state index contributed by atoms with van der Waals surface area (Å²) in [5.74, 6) is 0.819. The molecule has 2 amide bonds. The molecule has 0 radical (unpaired) electrons. The van der Waals surface area contributed by atoms with Gasteiger partial charge in [-0.1, -0.05) is 0 Å². The monoisotopic (exact) mass is 328 g/mol. The molecule has 2 fully saturated rings. The quantitative estimate of drug-likeness (QED) is 0.777. The van der Waals surface area contributed by atoms with Crippen LogP contribution in [0.3, 0.4) is 0 Å². The largest absolute Gasteiger partial charge is 0.396 e. The summed E-state index contributed by atoms with van der Waals surface area (Å²) in [6.07, 6.45) is 6.51. The molecule has 2 aliphatic rings. The number of urea groups is 1. The first kappa shape index (κ1) is 18.5. The third kappa shape index (κ3) is 5.33. The molecule has 2 N–H and O–H groups in total. The molecule has 0 aromatic rings. The molecule has 0 aromatic carbocycles. The van der Waals surface area contributed by atoms with Crippen molar-refractivity contribution in [2.24, 2.45) is 11.8 Å². The van der Waals surface area contributed by atoms with E-state index in [-0.39, 0.29) is 30.8 Å². The standard InChI is InChI=1S/C17H32N2O4/c1-22-15-6-5-13(10-16(15)23-2)7-8-18-17(21)19-9-3-4-14(11-19)12-20/h13-16,20H,3-12H2,1-2H3,(H,18,21). The van der Waals surface area contributed by atoms with E-state index in [0.717, 1.165) is 45.1 Å². The molecule has 4 atom stereocenters. The van der Waals surface area contributed by atoms with Crippen LogP contribution in [0.1, 0.15) is 38.5 Å². The maximum atomic E-state index is 12.2. The number of amides is 2. The van der Waals surface area contributed by atoms with E-state index >= 15 is 0 Å². The molecule has 1 aliphatic heterocycles. The number of aliphatic hydroxyl groups is 1. The lowest BCUT2D eigenvalue weighted by molar-refractivity contribution is -0.0709. The highest BCUT2D eigenvalue weighted by Gasteiger charge is 2.30. The van der Waals surface area contributed by atoms with Gasteiger partial charge < -0.3 is 24.8 Å². The Morgan fingerprint density at radius 1 is 1.17 bits per heavy atom. The number of carbonyl (C=O) groups excluding carboxylic acids is 1. The van der Waals surface area contributed by atoms with Crippen molar-refractivity contribution in [2.45, 2.75) is 50.7 Å².